The van der Waals surface area contributed by atoms with Gasteiger partial charge in [-0.25, -0.2) is 18.2 Å². The molecule has 17 heteroatoms. The van der Waals surface area contributed by atoms with Gasteiger partial charge in [-0.15, -0.1) is 0 Å². The molecule has 2 aliphatic heterocycles. The number of nitrogens with one attached hydrogen (secondary N) is 3. The minimum absolute atomic E-state index is 0.0379. The summed E-state index contributed by atoms with van der Waals surface area (Å²) in [6.07, 6.45) is 6.05. The van der Waals surface area contributed by atoms with Gasteiger partial charge in [0, 0.05) is 17.7 Å². The molecule has 4 aliphatic rings. The maximum Gasteiger partial charge on any atom is 0.405 e. The van der Waals surface area contributed by atoms with Crippen molar-refractivity contribution in [3.05, 3.63) is 54.7 Å². The standard InChI is InChI=1S/C42H52N6O10S/c1-23(2)57-29-11-15-33(43-21-29)34-18-26-17-28(56-5)10-14-32(26)38(44-34)58-30-19-35-37(49)46-42(40(51)47-59(54,55)31-12-13-31)20-27(42)9-7-6-8-24(3)16-25(4)36(45-41(52)53)39(50)48(35)22-30/h7,9-11,14-15,17-18,21,23-25,27,30-31,35-36,45H,6,8,12-13,16,19-20,22H2,1-5H3,(H,46,49)(H,47,51)(H,52,53)/b9-7-/t24-,25-,27-,30-,35+,36+,42-/m1/s1. The fourth-order valence-electron chi connectivity index (χ4n) is 8.21. The van der Waals surface area contributed by atoms with Gasteiger partial charge in [-0.2, -0.15) is 0 Å². The van der Waals surface area contributed by atoms with Crippen molar-refractivity contribution in [2.75, 3.05) is 13.7 Å². The summed E-state index contributed by atoms with van der Waals surface area (Å²) >= 11 is 0. The number of carbonyl (C=O) groups excluding carboxylic acids is 3. The van der Waals surface area contributed by atoms with Crippen LogP contribution in [0, 0.1) is 17.8 Å². The SMILES string of the molecule is COc1ccc2c(O[C@@H]3C[C@H]4C(=O)N[C@]5(C(=O)NS(=O)(=O)C6CC6)C[C@H]5/C=C\CC[C@@H](C)C[C@@H](C)[C@H](NC(=O)O)C(=O)N4C3)nc(-c3ccc(OC(C)C)cn3)cc2c1. The first-order chi connectivity index (χ1) is 28.1. The molecule has 16 nitrogen and oxygen atoms in total. The van der Waals surface area contributed by atoms with Gasteiger partial charge >= 0.3 is 6.09 Å². The van der Waals surface area contributed by atoms with Crippen LogP contribution in [-0.2, 0) is 24.4 Å². The molecular formula is C42H52N6O10S. The number of nitrogens with zero attached hydrogens (tertiary/aromatic N) is 3. The molecule has 59 heavy (non-hydrogen) atoms. The van der Waals surface area contributed by atoms with E-state index in [1.165, 1.54) is 4.90 Å². The Balaban J connectivity index is 1.24. The summed E-state index contributed by atoms with van der Waals surface area (Å²) in [4.78, 5) is 65.8. The average Bonchev–Trinajstić information content (AvgIpc) is 4.11. The molecule has 7 atom stereocenters. The molecule has 3 aromatic rings. The Hall–Kier alpha value is -5.45. The first kappa shape index (κ1) is 41.7. The minimum Gasteiger partial charge on any atom is -0.497 e. The van der Waals surface area contributed by atoms with E-state index in [9.17, 15) is 32.7 Å². The van der Waals surface area contributed by atoms with Crippen LogP contribution in [0.1, 0.15) is 72.6 Å². The van der Waals surface area contributed by atoms with Crippen molar-refractivity contribution in [3.63, 3.8) is 0 Å². The lowest BCUT2D eigenvalue weighted by Gasteiger charge is -2.32. The summed E-state index contributed by atoms with van der Waals surface area (Å²) in [5, 5.41) is 15.8. The number of hydrogen-bond donors (Lipinski definition) is 4. The van der Waals surface area contributed by atoms with Crippen molar-refractivity contribution >= 4 is 44.6 Å². The molecule has 1 saturated heterocycles. The van der Waals surface area contributed by atoms with Crippen LogP contribution >= 0.6 is 0 Å². The van der Waals surface area contributed by atoms with E-state index in [1.54, 1.807) is 37.6 Å². The number of methoxy groups -OCH3 is 1. The number of sulfonamides is 1. The van der Waals surface area contributed by atoms with Crippen molar-refractivity contribution in [2.45, 2.75) is 108 Å². The number of carbonyl (C=O) groups is 4. The summed E-state index contributed by atoms with van der Waals surface area (Å²) in [5.41, 5.74) is -0.543. The average molecular weight is 833 g/mol. The Morgan fingerprint density at radius 1 is 1.03 bits per heavy atom. The largest absolute Gasteiger partial charge is 0.497 e. The summed E-state index contributed by atoms with van der Waals surface area (Å²) in [7, 11) is -2.37. The van der Waals surface area contributed by atoms with E-state index in [1.807, 2.05) is 52.0 Å². The van der Waals surface area contributed by atoms with Crippen LogP contribution in [0.2, 0.25) is 0 Å². The van der Waals surface area contributed by atoms with Gasteiger partial charge in [0.25, 0.3) is 5.91 Å². The number of ether oxygens (including phenoxy) is 3. The van der Waals surface area contributed by atoms with Crippen molar-refractivity contribution < 1.29 is 46.9 Å². The van der Waals surface area contributed by atoms with Gasteiger partial charge in [-0.3, -0.25) is 24.1 Å². The van der Waals surface area contributed by atoms with E-state index in [-0.39, 0.29) is 37.3 Å². The second kappa shape index (κ2) is 16.7. The fraction of sp³-hybridized carbons (Fsp3) is 0.524. The number of rotatable bonds is 10. The van der Waals surface area contributed by atoms with E-state index in [0.29, 0.717) is 54.0 Å². The number of hydrogen-bond acceptors (Lipinski definition) is 11. The zero-order valence-electron chi connectivity index (χ0n) is 33.8. The summed E-state index contributed by atoms with van der Waals surface area (Å²) < 4.78 is 45.9. The van der Waals surface area contributed by atoms with Crippen LogP contribution in [0.15, 0.2) is 54.7 Å². The number of carboxylic acid groups (broad SMARTS) is 1. The molecule has 2 aliphatic carbocycles. The molecule has 0 spiro atoms. The summed E-state index contributed by atoms with van der Waals surface area (Å²) in [6.45, 7) is 7.56. The van der Waals surface area contributed by atoms with Crippen LogP contribution in [0.25, 0.3) is 22.2 Å². The number of amides is 4. The van der Waals surface area contributed by atoms with Gasteiger partial charge in [0.05, 0.1) is 42.6 Å². The third kappa shape index (κ3) is 9.24. The molecular weight excluding hydrogens is 781 g/mol. The molecule has 316 valence electrons. The highest BCUT2D eigenvalue weighted by molar-refractivity contribution is 7.91. The topological polar surface area (TPSA) is 215 Å². The number of benzene rings is 1. The third-order valence-electron chi connectivity index (χ3n) is 11.5. The zero-order valence-corrected chi connectivity index (χ0v) is 34.7. The van der Waals surface area contributed by atoms with Gasteiger partial charge in [0.2, 0.25) is 27.7 Å². The lowest BCUT2D eigenvalue weighted by molar-refractivity contribution is -0.142. The molecule has 4 heterocycles. The predicted molar refractivity (Wildman–Crippen MR) is 217 cm³/mol. The van der Waals surface area contributed by atoms with E-state index >= 15 is 0 Å². The first-order valence-corrected chi connectivity index (χ1v) is 21.7. The van der Waals surface area contributed by atoms with E-state index in [4.69, 9.17) is 19.2 Å². The van der Waals surface area contributed by atoms with Crippen molar-refractivity contribution in [3.8, 4) is 28.8 Å². The highest BCUT2D eigenvalue weighted by atomic mass is 32.2. The van der Waals surface area contributed by atoms with E-state index in [0.717, 1.165) is 11.8 Å². The number of fused-ring (bicyclic) bond motifs is 3. The van der Waals surface area contributed by atoms with Crippen LogP contribution in [0.3, 0.4) is 0 Å². The number of aromatic nitrogens is 2. The van der Waals surface area contributed by atoms with Gasteiger partial charge in [-0.1, -0.05) is 26.0 Å². The van der Waals surface area contributed by atoms with E-state index in [2.05, 4.69) is 20.3 Å². The molecule has 4 N–H and O–H groups in total. The maximum atomic E-state index is 14.6. The highest BCUT2D eigenvalue weighted by Crippen LogP contribution is 2.46. The molecule has 0 unspecified atom stereocenters. The number of allylic oxidation sites excluding steroid dienone is 1. The van der Waals surface area contributed by atoms with Crippen LogP contribution in [-0.4, -0.2) is 101 Å². The van der Waals surface area contributed by atoms with E-state index < -0.39 is 74.7 Å². The van der Waals surface area contributed by atoms with Crippen LogP contribution in [0.4, 0.5) is 4.79 Å². The highest BCUT2D eigenvalue weighted by Gasteiger charge is 2.62. The Labute approximate surface area is 343 Å². The molecule has 1 aromatic carbocycles. The van der Waals surface area contributed by atoms with Gasteiger partial charge in [-0.05, 0) is 106 Å². The first-order valence-electron chi connectivity index (χ1n) is 20.2. The molecule has 0 bridgehead atoms. The van der Waals surface area contributed by atoms with Gasteiger partial charge in [0.15, 0.2) is 0 Å². The molecule has 4 amide bonds. The quantitative estimate of drug-likeness (QED) is 0.207. The van der Waals surface area contributed by atoms with Gasteiger partial charge in [0.1, 0.15) is 35.2 Å². The smallest absolute Gasteiger partial charge is 0.405 e. The zero-order chi connectivity index (χ0) is 42.2. The Bertz CT molecular complexity index is 2250. The Morgan fingerprint density at radius 3 is 2.47 bits per heavy atom. The van der Waals surface area contributed by atoms with Crippen LogP contribution in [0.5, 0.6) is 17.4 Å². The third-order valence-corrected chi connectivity index (χ3v) is 13.4. The Morgan fingerprint density at radius 2 is 1.80 bits per heavy atom. The monoisotopic (exact) mass is 832 g/mol. The second-order valence-electron chi connectivity index (χ2n) is 16.6. The van der Waals surface area contributed by atoms with Crippen molar-refractivity contribution in [1.29, 1.82) is 0 Å². The lowest BCUT2D eigenvalue weighted by Crippen LogP contribution is -2.59. The van der Waals surface area contributed by atoms with Crippen LogP contribution < -0.4 is 29.6 Å². The summed E-state index contributed by atoms with van der Waals surface area (Å²) in [6, 6.07) is 8.43. The lowest BCUT2D eigenvalue weighted by atomic mass is 9.88. The normalized spacial score (nSPS) is 28.0. The molecule has 7 rings (SSSR count). The molecule has 3 fully saturated rings. The predicted octanol–water partition coefficient (Wildman–Crippen LogP) is 4.57. The second-order valence-corrected chi connectivity index (χ2v) is 18.6. The van der Waals surface area contributed by atoms with Crippen molar-refractivity contribution in [2.24, 2.45) is 17.8 Å². The van der Waals surface area contributed by atoms with Gasteiger partial charge < -0.3 is 34.9 Å². The van der Waals surface area contributed by atoms with Crippen molar-refractivity contribution in [1.82, 2.24) is 30.2 Å². The molecule has 2 saturated carbocycles. The molecule has 0 radical (unpaired) electrons. The summed E-state index contributed by atoms with van der Waals surface area (Å²) in [5.74, 6) is -1.54. The number of pyridine rings is 2. The maximum absolute atomic E-state index is 14.6. The fourth-order valence-corrected chi connectivity index (χ4v) is 9.58. The minimum atomic E-state index is -3.93. The Kier molecular flexibility index (Phi) is 11.8. The molecule has 2 aromatic heterocycles.